The Balaban J connectivity index is 1.03. The number of fused-ring (bicyclic) bond motifs is 1. The molecule has 6 rings (SSSR count). The van der Waals surface area contributed by atoms with Gasteiger partial charge in [0, 0.05) is 47.3 Å². The number of alkyl halides is 3. The van der Waals surface area contributed by atoms with E-state index in [0.29, 0.717) is 29.0 Å². The number of rotatable bonds is 9. The van der Waals surface area contributed by atoms with Crippen molar-refractivity contribution in [3.05, 3.63) is 84.2 Å². The van der Waals surface area contributed by atoms with E-state index in [9.17, 15) is 23.1 Å². The molecule has 1 aliphatic heterocycles. The van der Waals surface area contributed by atoms with E-state index in [1.165, 1.54) is 23.9 Å². The first-order valence-corrected chi connectivity index (χ1v) is 14.5. The molecular weight excluding hydrogens is 595 g/mol. The molecule has 0 saturated carbocycles. The number of aliphatic hydroxyl groups excluding tert-OH is 1. The van der Waals surface area contributed by atoms with Crippen LogP contribution in [0.2, 0.25) is 0 Å². The van der Waals surface area contributed by atoms with Crippen molar-refractivity contribution < 1.29 is 23.1 Å². The number of nitrogens with one attached hydrogen (secondary N) is 4. The van der Waals surface area contributed by atoms with Gasteiger partial charge in [-0.15, -0.1) is 5.10 Å². The number of β-amino-alcohol motifs (C(OH)–C–C–N with tert-alkyl or cyclic N) is 1. The van der Waals surface area contributed by atoms with Crippen LogP contribution >= 0.6 is 11.8 Å². The number of likely N-dealkylation sites (tertiary alicyclic amines) is 1. The molecule has 15 heteroatoms. The van der Waals surface area contributed by atoms with E-state index in [-0.39, 0.29) is 24.7 Å². The molecule has 5 N–H and O–H groups in total. The summed E-state index contributed by atoms with van der Waals surface area (Å²) in [4.78, 5) is 20.0. The Morgan fingerprint density at radius 2 is 1.91 bits per heavy atom. The Morgan fingerprint density at radius 1 is 1.09 bits per heavy atom. The van der Waals surface area contributed by atoms with Gasteiger partial charge in [-0.3, -0.25) is 14.8 Å². The van der Waals surface area contributed by atoms with Crippen molar-refractivity contribution in [2.45, 2.75) is 35.3 Å². The number of aliphatic hydroxyl groups is 1. The minimum absolute atomic E-state index is 0.0182. The maximum Gasteiger partial charge on any atom is 0.416 e. The minimum atomic E-state index is -4.46. The molecule has 3 aromatic heterocycles. The van der Waals surface area contributed by atoms with Crippen molar-refractivity contribution in [1.82, 2.24) is 29.7 Å². The molecule has 0 aliphatic carbocycles. The van der Waals surface area contributed by atoms with Crippen molar-refractivity contribution >= 4 is 46.2 Å². The Morgan fingerprint density at radius 3 is 2.66 bits per heavy atom. The summed E-state index contributed by atoms with van der Waals surface area (Å²) in [5.41, 5.74) is 1.80. The summed E-state index contributed by atoms with van der Waals surface area (Å²) in [6, 6.07) is 17.2. The van der Waals surface area contributed by atoms with Crippen molar-refractivity contribution in [1.29, 1.82) is 0 Å². The first-order valence-electron chi connectivity index (χ1n) is 13.7. The van der Waals surface area contributed by atoms with E-state index in [1.807, 2.05) is 43.5 Å². The second-order valence-electron chi connectivity index (χ2n) is 10.4. The molecule has 1 aliphatic rings. The van der Waals surface area contributed by atoms with Gasteiger partial charge in [-0.2, -0.15) is 18.3 Å². The first-order chi connectivity index (χ1) is 21.1. The summed E-state index contributed by atoms with van der Waals surface area (Å²) in [7, 11) is 0. The smallest absolute Gasteiger partial charge is 0.390 e. The summed E-state index contributed by atoms with van der Waals surface area (Å²) < 4.78 is 40.9. The molecule has 1 saturated heterocycles. The largest absolute Gasteiger partial charge is 0.416 e. The second kappa shape index (κ2) is 12.2. The number of hydrogen-bond acceptors (Lipinski definition) is 9. The van der Waals surface area contributed by atoms with Gasteiger partial charge >= 0.3 is 6.18 Å². The number of nitrogens with zero attached hydrogens (tertiary/aromatic N) is 5. The quantitative estimate of drug-likeness (QED) is 0.157. The predicted octanol–water partition coefficient (Wildman–Crippen LogP) is 4.77. The number of aryl methyl sites for hydroxylation is 1. The highest BCUT2D eigenvalue weighted by atomic mass is 32.2. The van der Waals surface area contributed by atoms with Gasteiger partial charge in [-0.05, 0) is 73.3 Å². The average molecular weight is 624 g/mol. The third-order valence-electron chi connectivity index (χ3n) is 6.94. The van der Waals surface area contributed by atoms with E-state index >= 15 is 0 Å². The molecule has 0 radical (unpaired) electrons. The summed E-state index contributed by atoms with van der Waals surface area (Å²) in [6.07, 6.45) is -3.47. The minimum Gasteiger partial charge on any atom is -0.390 e. The molecule has 2 aromatic carbocycles. The molecule has 2 atom stereocenters. The fourth-order valence-electron chi connectivity index (χ4n) is 4.90. The summed E-state index contributed by atoms with van der Waals surface area (Å²) >= 11 is 1.36. The van der Waals surface area contributed by atoms with Crippen molar-refractivity contribution in [2.24, 2.45) is 0 Å². The fourth-order valence-corrected chi connectivity index (χ4v) is 5.65. The van der Waals surface area contributed by atoms with E-state index in [4.69, 9.17) is 0 Å². The van der Waals surface area contributed by atoms with E-state index in [0.717, 1.165) is 28.2 Å². The second-order valence-corrected chi connectivity index (χ2v) is 11.4. The van der Waals surface area contributed by atoms with E-state index in [2.05, 4.69) is 36.2 Å². The number of aromatic amines is 1. The third-order valence-corrected chi connectivity index (χ3v) is 7.81. The number of hydrogen-bond donors (Lipinski definition) is 5. The number of aromatic nitrogens is 5. The molecule has 0 spiro atoms. The zero-order valence-corrected chi connectivity index (χ0v) is 24.2. The van der Waals surface area contributed by atoms with Crippen LogP contribution in [0.25, 0.3) is 5.52 Å². The van der Waals surface area contributed by atoms with Crippen LogP contribution in [-0.4, -0.2) is 72.5 Å². The lowest BCUT2D eigenvalue weighted by Crippen LogP contribution is -2.33. The van der Waals surface area contributed by atoms with Gasteiger partial charge in [-0.25, -0.2) is 9.50 Å². The number of anilines is 4. The molecule has 1 amide bonds. The zero-order chi connectivity index (χ0) is 30.8. The Hall–Kier alpha value is -4.60. The van der Waals surface area contributed by atoms with Gasteiger partial charge in [0.05, 0.1) is 24.3 Å². The first kappa shape index (κ1) is 29.5. The number of H-pyrrole nitrogens is 1. The van der Waals surface area contributed by atoms with Crippen LogP contribution in [0.3, 0.4) is 0 Å². The topological polar surface area (TPSA) is 136 Å². The Labute approximate surface area is 253 Å². The molecule has 4 heterocycles. The van der Waals surface area contributed by atoms with Gasteiger partial charge in [0.15, 0.2) is 11.6 Å². The molecule has 0 bridgehead atoms. The Kier molecular flexibility index (Phi) is 8.16. The van der Waals surface area contributed by atoms with Crippen LogP contribution in [-0.2, 0) is 11.0 Å². The lowest BCUT2D eigenvalue weighted by molar-refractivity contribution is -0.137. The van der Waals surface area contributed by atoms with Crippen LogP contribution in [0.15, 0.2) is 83.0 Å². The van der Waals surface area contributed by atoms with Crippen molar-refractivity contribution in [3.8, 4) is 0 Å². The fraction of sp³-hybridized carbons (Fsp3) is 0.241. The zero-order valence-electron chi connectivity index (χ0n) is 23.3. The number of amides is 1. The molecule has 1 fully saturated rings. The third kappa shape index (κ3) is 6.96. The molecular formula is C29H28F3N9O2S. The average Bonchev–Trinajstić information content (AvgIpc) is 3.70. The monoisotopic (exact) mass is 623 g/mol. The number of carbonyl (C=O) groups excluding carboxylic acids is 1. The standard InChI is InChI=1S/C29H28F3N9O2S/c1-17-12-25(38-37-17)35-27-23-6-3-11-41(23)39-28(36-27)44-21-9-7-19(8-10-21)34-26(43)16-40-14-22(24(42)15-40)33-20-5-2-4-18(13-20)29(30,31)32/h2-13,22,24,33,42H,14-16H2,1H3,(H,34,43)(H2,35,36,37,38,39)/t22-,24-/m0/s1. The summed E-state index contributed by atoms with van der Waals surface area (Å²) in [6.45, 7) is 2.44. The van der Waals surface area contributed by atoms with Gasteiger partial charge < -0.3 is 21.1 Å². The normalized spacial score (nSPS) is 17.2. The van der Waals surface area contributed by atoms with Crippen molar-refractivity contribution in [2.75, 3.05) is 35.6 Å². The lowest BCUT2D eigenvalue weighted by atomic mass is 10.1. The highest BCUT2D eigenvalue weighted by Gasteiger charge is 2.34. The number of halogens is 3. The van der Waals surface area contributed by atoms with Crippen molar-refractivity contribution in [3.63, 3.8) is 0 Å². The maximum absolute atomic E-state index is 13.0. The van der Waals surface area contributed by atoms with Gasteiger partial charge in [0.25, 0.3) is 0 Å². The van der Waals surface area contributed by atoms with Gasteiger partial charge in [0.2, 0.25) is 11.1 Å². The van der Waals surface area contributed by atoms with Gasteiger partial charge in [-0.1, -0.05) is 6.07 Å². The van der Waals surface area contributed by atoms with Crippen LogP contribution in [0.1, 0.15) is 11.3 Å². The molecule has 228 valence electrons. The predicted molar refractivity (Wildman–Crippen MR) is 160 cm³/mol. The Bertz CT molecular complexity index is 1770. The van der Waals surface area contributed by atoms with E-state index < -0.39 is 23.9 Å². The molecule has 0 unspecified atom stereocenters. The molecule has 44 heavy (non-hydrogen) atoms. The number of carbonyl (C=O) groups is 1. The van der Waals surface area contributed by atoms with Crippen LogP contribution in [0, 0.1) is 6.92 Å². The van der Waals surface area contributed by atoms with E-state index in [1.54, 1.807) is 21.5 Å². The van der Waals surface area contributed by atoms with Gasteiger partial charge in [0.1, 0.15) is 5.52 Å². The highest BCUT2D eigenvalue weighted by Crippen LogP contribution is 2.32. The number of benzene rings is 2. The highest BCUT2D eigenvalue weighted by molar-refractivity contribution is 7.99. The SMILES string of the molecule is Cc1cc(Nc2nc(Sc3ccc(NC(=O)CN4C[C@H](Nc5cccc(C(F)(F)F)c5)[C@@H](O)C4)cc3)nn3cccc23)n[nH]1. The van der Waals surface area contributed by atoms with Crippen LogP contribution in [0.4, 0.5) is 36.2 Å². The summed E-state index contributed by atoms with van der Waals surface area (Å²) in [5.74, 6) is 0.983. The van der Waals surface area contributed by atoms with Crippen LogP contribution < -0.4 is 16.0 Å². The lowest BCUT2D eigenvalue weighted by Gasteiger charge is -2.18. The summed E-state index contributed by atoms with van der Waals surface area (Å²) in [5, 5.41) is 31.7. The molecule has 11 nitrogen and oxygen atoms in total. The molecule has 5 aromatic rings. The maximum atomic E-state index is 13.0. The van der Waals surface area contributed by atoms with Crippen LogP contribution in [0.5, 0.6) is 0 Å².